The summed E-state index contributed by atoms with van der Waals surface area (Å²) in [5.74, 6) is 1.83. The van der Waals surface area contributed by atoms with E-state index in [1.807, 2.05) is 31.1 Å². The average molecular weight is 260 g/mol. The molecule has 2 aromatic rings. The molecular formula is C15H20N2O2. The second-order valence-electron chi connectivity index (χ2n) is 4.58. The van der Waals surface area contributed by atoms with Crippen LogP contribution in [0.5, 0.6) is 5.75 Å². The van der Waals surface area contributed by atoms with Crippen LogP contribution < -0.4 is 15.0 Å². The predicted octanol–water partition coefficient (Wildman–Crippen LogP) is 2.64. The van der Waals surface area contributed by atoms with E-state index in [1.165, 1.54) is 5.56 Å². The molecule has 0 aliphatic heterocycles. The minimum Gasteiger partial charge on any atom is -0.495 e. The number of furan rings is 1. The zero-order chi connectivity index (χ0) is 13.7. The fourth-order valence-corrected chi connectivity index (χ4v) is 1.94. The van der Waals surface area contributed by atoms with Gasteiger partial charge in [0, 0.05) is 20.6 Å². The maximum absolute atomic E-state index is 5.41. The van der Waals surface area contributed by atoms with Gasteiger partial charge in [-0.3, -0.25) is 0 Å². The third kappa shape index (κ3) is 3.51. The van der Waals surface area contributed by atoms with Crippen LogP contribution in [0.15, 0.2) is 41.0 Å². The minimum absolute atomic E-state index is 0.727. The summed E-state index contributed by atoms with van der Waals surface area (Å²) in [5, 5.41) is 3.34. The van der Waals surface area contributed by atoms with Crippen molar-refractivity contribution in [1.29, 1.82) is 0 Å². The Hall–Kier alpha value is -1.94. The number of methoxy groups -OCH3 is 1. The molecule has 0 aliphatic carbocycles. The lowest BCUT2D eigenvalue weighted by Crippen LogP contribution is -2.13. The normalized spacial score (nSPS) is 10.5. The summed E-state index contributed by atoms with van der Waals surface area (Å²) in [7, 11) is 5.71. The number of nitrogens with zero attached hydrogens (tertiary/aromatic N) is 1. The molecule has 19 heavy (non-hydrogen) atoms. The molecule has 0 radical (unpaired) electrons. The first-order valence-corrected chi connectivity index (χ1v) is 6.28. The molecule has 0 atom stereocenters. The third-order valence-electron chi connectivity index (χ3n) is 2.93. The molecule has 0 amide bonds. The molecule has 0 fully saturated rings. The van der Waals surface area contributed by atoms with Gasteiger partial charge in [0.05, 0.1) is 25.6 Å². The van der Waals surface area contributed by atoms with Gasteiger partial charge in [-0.15, -0.1) is 0 Å². The van der Waals surface area contributed by atoms with E-state index in [1.54, 1.807) is 13.4 Å². The molecule has 4 heteroatoms. The number of rotatable bonds is 6. The van der Waals surface area contributed by atoms with Crippen molar-refractivity contribution >= 4 is 5.69 Å². The highest BCUT2D eigenvalue weighted by atomic mass is 16.5. The smallest absolute Gasteiger partial charge is 0.142 e. The van der Waals surface area contributed by atoms with Crippen molar-refractivity contribution in [3.05, 3.63) is 47.9 Å². The van der Waals surface area contributed by atoms with E-state index in [-0.39, 0.29) is 0 Å². The molecule has 1 aromatic carbocycles. The quantitative estimate of drug-likeness (QED) is 0.866. The Morgan fingerprint density at radius 3 is 2.68 bits per heavy atom. The van der Waals surface area contributed by atoms with Crippen molar-refractivity contribution in [2.24, 2.45) is 0 Å². The van der Waals surface area contributed by atoms with Crippen molar-refractivity contribution in [3.8, 4) is 5.75 Å². The van der Waals surface area contributed by atoms with E-state index >= 15 is 0 Å². The first-order chi connectivity index (χ1) is 9.20. The lowest BCUT2D eigenvalue weighted by molar-refractivity contribution is 0.414. The van der Waals surface area contributed by atoms with E-state index in [4.69, 9.17) is 9.15 Å². The molecule has 2 rings (SSSR count). The van der Waals surface area contributed by atoms with Crippen LogP contribution in [0.25, 0.3) is 0 Å². The molecule has 1 aromatic heterocycles. The molecule has 0 saturated carbocycles. The van der Waals surface area contributed by atoms with Crippen LogP contribution in [0, 0.1) is 0 Å². The Morgan fingerprint density at radius 2 is 2.05 bits per heavy atom. The van der Waals surface area contributed by atoms with E-state index in [0.29, 0.717) is 0 Å². The average Bonchev–Trinajstić information content (AvgIpc) is 2.91. The first-order valence-electron chi connectivity index (χ1n) is 6.28. The summed E-state index contributed by atoms with van der Waals surface area (Å²) in [5.41, 5.74) is 2.27. The molecule has 0 spiro atoms. The highest BCUT2D eigenvalue weighted by Crippen LogP contribution is 2.27. The zero-order valence-corrected chi connectivity index (χ0v) is 11.6. The Balaban J connectivity index is 1.97. The molecule has 102 valence electrons. The highest BCUT2D eigenvalue weighted by Gasteiger charge is 2.06. The van der Waals surface area contributed by atoms with E-state index in [9.17, 15) is 0 Å². The second kappa shape index (κ2) is 6.29. The Bertz CT molecular complexity index is 507. The molecule has 4 nitrogen and oxygen atoms in total. The summed E-state index contributed by atoms with van der Waals surface area (Å²) in [4.78, 5) is 2.04. The van der Waals surface area contributed by atoms with Gasteiger partial charge in [0.1, 0.15) is 11.5 Å². The van der Waals surface area contributed by atoms with E-state index in [0.717, 1.165) is 30.3 Å². The number of hydrogen-bond acceptors (Lipinski definition) is 4. The number of anilines is 1. The van der Waals surface area contributed by atoms with Gasteiger partial charge in [-0.1, -0.05) is 6.07 Å². The topological polar surface area (TPSA) is 37.6 Å². The summed E-state index contributed by atoms with van der Waals surface area (Å²) < 4.78 is 10.7. The summed E-state index contributed by atoms with van der Waals surface area (Å²) >= 11 is 0. The maximum Gasteiger partial charge on any atom is 0.142 e. The molecule has 0 aliphatic rings. The monoisotopic (exact) mass is 260 g/mol. The van der Waals surface area contributed by atoms with E-state index < -0.39 is 0 Å². The highest BCUT2D eigenvalue weighted by molar-refractivity contribution is 5.58. The van der Waals surface area contributed by atoms with Crippen LogP contribution in [-0.2, 0) is 13.1 Å². The fourth-order valence-electron chi connectivity index (χ4n) is 1.94. The first kappa shape index (κ1) is 13.5. The van der Waals surface area contributed by atoms with Gasteiger partial charge in [-0.05, 0) is 29.8 Å². The lowest BCUT2D eigenvalue weighted by Gasteiger charge is -2.17. The minimum atomic E-state index is 0.727. The van der Waals surface area contributed by atoms with Crippen LogP contribution in [0.2, 0.25) is 0 Å². The SMILES string of the molecule is COc1cc(CNCc2ccco2)ccc1N(C)C. The van der Waals surface area contributed by atoms with Crippen molar-refractivity contribution < 1.29 is 9.15 Å². The van der Waals surface area contributed by atoms with E-state index in [2.05, 4.69) is 23.5 Å². The van der Waals surface area contributed by atoms with Crippen molar-refractivity contribution in [3.63, 3.8) is 0 Å². The van der Waals surface area contributed by atoms with Crippen LogP contribution in [0.3, 0.4) is 0 Å². The number of ether oxygens (including phenoxy) is 1. The molecule has 0 saturated heterocycles. The number of benzene rings is 1. The maximum atomic E-state index is 5.41. The van der Waals surface area contributed by atoms with Gasteiger partial charge in [0.15, 0.2) is 0 Å². The van der Waals surface area contributed by atoms with Crippen LogP contribution >= 0.6 is 0 Å². The van der Waals surface area contributed by atoms with Crippen LogP contribution in [0.1, 0.15) is 11.3 Å². The van der Waals surface area contributed by atoms with Gasteiger partial charge in [0.25, 0.3) is 0 Å². The Morgan fingerprint density at radius 1 is 1.21 bits per heavy atom. The van der Waals surface area contributed by atoms with Gasteiger partial charge >= 0.3 is 0 Å². The third-order valence-corrected chi connectivity index (χ3v) is 2.93. The largest absolute Gasteiger partial charge is 0.495 e. The Kier molecular flexibility index (Phi) is 4.47. The van der Waals surface area contributed by atoms with Crippen LogP contribution in [-0.4, -0.2) is 21.2 Å². The van der Waals surface area contributed by atoms with Gasteiger partial charge in [0.2, 0.25) is 0 Å². The number of nitrogens with one attached hydrogen (secondary N) is 1. The summed E-state index contributed by atoms with van der Waals surface area (Å²) in [6, 6.07) is 10.1. The Labute approximate surface area is 114 Å². The van der Waals surface area contributed by atoms with Gasteiger partial charge in [-0.2, -0.15) is 0 Å². The molecular weight excluding hydrogens is 240 g/mol. The second-order valence-corrected chi connectivity index (χ2v) is 4.58. The van der Waals surface area contributed by atoms with Gasteiger partial charge < -0.3 is 19.4 Å². The van der Waals surface area contributed by atoms with Crippen molar-refractivity contribution in [1.82, 2.24) is 5.32 Å². The molecule has 0 unspecified atom stereocenters. The summed E-state index contributed by atoms with van der Waals surface area (Å²) in [6.07, 6.45) is 1.69. The standard InChI is InChI=1S/C15H20N2O2/c1-17(2)14-7-6-12(9-15(14)18-3)10-16-11-13-5-4-8-19-13/h4-9,16H,10-11H2,1-3H3. The zero-order valence-electron chi connectivity index (χ0n) is 11.6. The van der Waals surface area contributed by atoms with Gasteiger partial charge in [-0.25, -0.2) is 0 Å². The molecule has 1 heterocycles. The summed E-state index contributed by atoms with van der Waals surface area (Å²) in [6.45, 7) is 1.51. The van der Waals surface area contributed by atoms with Crippen molar-refractivity contribution in [2.75, 3.05) is 26.1 Å². The van der Waals surface area contributed by atoms with Crippen LogP contribution in [0.4, 0.5) is 5.69 Å². The predicted molar refractivity (Wildman–Crippen MR) is 76.6 cm³/mol. The molecule has 1 N–H and O–H groups in total. The van der Waals surface area contributed by atoms with Crippen molar-refractivity contribution in [2.45, 2.75) is 13.1 Å². The molecule has 0 bridgehead atoms. The number of hydrogen-bond donors (Lipinski definition) is 1. The fraction of sp³-hybridized carbons (Fsp3) is 0.333. The lowest BCUT2D eigenvalue weighted by atomic mass is 10.1.